The Morgan fingerprint density at radius 1 is 1.44 bits per heavy atom. The van der Waals surface area contributed by atoms with E-state index in [0.29, 0.717) is 19.6 Å². The number of thiazole rings is 1. The number of amides is 3. The van der Waals surface area contributed by atoms with Gasteiger partial charge in [0, 0.05) is 43.8 Å². The summed E-state index contributed by atoms with van der Waals surface area (Å²) in [6, 6.07) is -0.597. The van der Waals surface area contributed by atoms with Gasteiger partial charge >= 0.3 is 6.03 Å². The van der Waals surface area contributed by atoms with Gasteiger partial charge in [0.05, 0.1) is 17.7 Å². The van der Waals surface area contributed by atoms with Crippen molar-refractivity contribution in [3.63, 3.8) is 0 Å². The van der Waals surface area contributed by atoms with Gasteiger partial charge in [0.2, 0.25) is 5.91 Å². The van der Waals surface area contributed by atoms with E-state index in [1.807, 2.05) is 17.1 Å². The second kappa shape index (κ2) is 7.64. The summed E-state index contributed by atoms with van der Waals surface area (Å²) in [5, 5.41) is 2.03. The fourth-order valence-corrected chi connectivity index (χ4v) is 3.65. The lowest BCUT2D eigenvalue weighted by Gasteiger charge is -2.33. The maximum absolute atomic E-state index is 12.4. The van der Waals surface area contributed by atoms with Crippen molar-refractivity contribution < 1.29 is 9.59 Å². The van der Waals surface area contributed by atoms with Gasteiger partial charge in [0.1, 0.15) is 12.4 Å². The van der Waals surface area contributed by atoms with Gasteiger partial charge in [-0.15, -0.1) is 11.3 Å². The highest BCUT2D eigenvalue weighted by atomic mass is 32.1. The van der Waals surface area contributed by atoms with Gasteiger partial charge < -0.3 is 20.1 Å². The van der Waals surface area contributed by atoms with Crippen molar-refractivity contribution in [2.24, 2.45) is 5.73 Å². The van der Waals surface area contributed by atoms with E-state index in [0.717, 1.165) is 24.4 Å². The van der Waals surface area contributed by atoms with E-state index in [1.54, 1.807) is 22.4 Å². The highest BCUT2D eigenvalue weighted by Gasteiger charge is 2.28. The molecule has 0 radical (unpaired) electrons. The summed E-state index contributed by atoms with van der Waals surface area (Å²) in [5.41, 5.74) is 8.03. The second-order valence-electron chi connectivity index (χ2n) is 6.27. The highest BCUT2D eigenvalue weighted by molar-refractivity contribution is 7.07. The summed E-state index contributed by atoms with van der Waals surface area (Å²) in [6.45, 7) is 2.01. The number of aromatic nitrogens is 3. The molecule has 3 heterocycles. The van der Waals surface area contributed by atoms with Crippen LogP contribution in [0.1, 0.15) is 30.3 Å². The number of rotatable bonds is 5. The minimum Gasteiger partial charge on any atom is -0.351 e. The molecule has 0 saturated carbocycles. The maximum atomic E-state index is 12.4. The van der Waals surface area contributed by atoms with E-state index < -0.39 is 6.03 Å². The molecule has 1 aliphatic rings. The van der Waals surface area contributed by atoms with Crippen LogP contribution in [-0.4, -0.2) is 63.0 Å². The summed E-state index contributed by atoms with van der Waals surface area (Å²) in [7, 11) is 1.53. The Balaban J connectivity index is 1.67. The zero-order valence-corrected chi connectivity index (χ0v) is 15.0. The Kier molecular flexibility index (Phi) is 5.32. The van der Waals surface area contributed by atoms with Crippen molar-refractivity contribution in [1.82, 2.24) is 24.3 Å². The third-order valence-corrected chi connectivity index (χ3v) is 5.09. The van der Waals surface area contributed by atoms with Crippen LogP contribution in [-0.2, 0) is 11.3 Å². The molecule has 0 aliphatic carbocycles. The van der Waals surface area contributed by atoms with Crippen LogP contribution in [0.4, 0.5) is 4.79 Å². The molecule has 25 heavy (non-hydrogen) atoms. The third kappa shape index (κ3) is 4.16. The molecule has 1 fully saturated rings. The van der Waals surface area contributed by atoms with E-state index in [1.165, 1.54) is 11.9 Å². The van der Waals surface area contributed by atoms with Crippen molar-refractivity contribution in [1.29, 1.82) is 0 Å². The first-order chi connectivity index (χ1) is 12.0. The lowest BCUT2D eigenvalue weighted by molar-refractivity contribution is -0.132. The smallest absolute Gasteiger partial charge is 0.314 e. The van der Waals surface area contributed by atoms with Gasteiger partial charge in [-0.05, 0) is 12.8 Å². The second-order valence-corrected chi connectivity index (χ2v) is 6.99. The van der Waals surface area contributed by atoms with Crippen LogP contribution >= 0.6 is 11.3 Å². The van der Waals surface area contributed by atoms with Crippen LogP contribution in [0.5, 0.6) is 0 Å². The first-order valence-corrected chi connectivity index (χ1v) is 9.15. The van der Waals surface area contributed by atoms with E-state index >= 15 is 0 Å². The first kappa shape index (κ1) is 17.4. The number of primary amides is 1. The molecule has 1 saturated heterocycles. The summed E-state index contributed by atoms with van der Waals surface area (Å²) >= 11 is 1.58. The van der Waals surface area contributed by atoms with Gasteiger partial charge in [0.15, 0.2) is 0 Å². The molecule has 0 unspecified atom stereocenters. The van der Waals surface area contributed by atoms with E-state index in [-0.39, 0.29) is 18.4 Å². The molecule has 1 atom stereocenters. The molecule has 8 nitrogen and oxygen atoms in total. The predicted molar refractivity (Wildman–Crippen MR) is 94.2 cm³/mol. The number of carbonyl (C=O) groups is 2. The summed E-state index contributed by atoms with van der Waals surface area (Å²) in [4.78, 5) is 35.4. The summed E-state index contributed by atoms with van der Waals surface area (Å²) in [5.74, 6) is 1.09. The van der Waals surface area contributed by atoms with Crippen molar-refractivity contribution in [2.75, 3.05) is 26.7 Å². The van der Waals surface area contributed by atoms with Gasteiger partial charge in [-0.25, -0.2) is 14.8 Å². The van der Waals surface area contributed by atoms with E-state index in [9.17, 15) is 9.59 Å². The molecular formula is C16H22N6O2S. The zero-order chi connectivity index (χ0) is 17.8. The Morgan fingerprint density at radius 2 is 2.28 bits per heavy atom. The van der Waals surface area contributed by atoms with Crippen molar-refractivity contribution in [2.45, 2.75) is 25.3 Å². The van der Waals surface area contributed by atoms with Crippen LogP contribution in [0.15, 0.2) is 23.3 Å². The minimum atomic E-state index is -0.597. The number of urea groups is 1. The number of carbonyl (C=O) groups excluding carboxylic acids is 2. The van der Waals surface area contributed by atoms with Crippen LogP contribution < -0.4 is 5.73 Å². The van der Waals surface area contributed by atoms with E-state index in [4.69, 9.17) is 5.73 Å². The SMILES string of the molecule is CN(CC(=O)N1CCC[C@H](c2nccn2Cc2cscn2)C1)C(N)=O. The Morgan fingerprint density at radius 3 is 3.00 bits per heavy atom. The first-order valence-electron chi connectivity index (χ1n) is 8.21. The molecule has 3 rings (SSSR count). The minimum absolute atomic E-state index is 0.00924. The molecule has 134 valence electrons. The quantitative estimate of drug-likeness (QED) is 0.861. The number of likely N-dealkylation sites (tertiary alicyclic amines) is 1. The number of nitrogens with zero attached hydrogens (tertiary/aromatic N) is 5. The number of hydrogen-bond acceptors (Lipinski definition) is 5. The average molecular weight is 362 g/mol. The van der Waals surface area contributed by atoms with Crippen molar-refractivity contribution in [3.8, 4) is 0 Å². The fourth-order valence-electron chi connectivity index (χ4n) is 3.10. The molecule has 2 N–H and O–H groups in total. The van der Waals surface area contributed by atoms with Crippen LogP contribution in [0.25, 0.3) is 0 Å². The van der Waals surface area contributed by atoms with Gasteiger partial charge in [0.25, 0.3) is 0 Å². The number of imidazole rings is 1. The predicted octanol–water partition coefficient (Wildman–Crippen LogP) is 1.10. The number of hydrogen-bond donors (Lipinski definition) is 1. The Hall–Kier alpha value is -2.42. The Bertz CT molecular complexity index is 729. The molecule has 2 aromatic rings. The third-order valence-electron chi connectivity index (χ3n) is 4.45. The summed E-state index contributed by atoms with van der Waals surface area (Å²) < 4.78 is 2.10. The highest BCUT2D eigenvalue weighted by Crippen LogP contribution is 2.26. The van der Waals surface area contributed by atoms with Crippen molar-refractivity contribution in [3.05, 3.63) is 34.8 Å². The molecule has 9 heteroatoms. The van der Waals surface area contributed by atoms with Gasteiger partial charge in [-0.3, -0.25) is 4.79 Å². The standard InChI is InChI=1S/C16H22N6O2S/c1-20(16(17)24)9-14(23)21-5-2-3-12(7-21)15-18-4-6-22(15)8-13-10-25-11-19-13/h4,6,10-12H,2-3,5,7-9H2,1H3,(H2,17,24)/t12-/m0/s1. The topological polar surface area (TPSA) is 97.3 Å². The molecule has 0 aromatic carbocycles. The van der Waals surface area contributed by atoms with Crippen molar-refractivity contribution >= 4 is 23.3 Å². The number of piperidine rings is 1. The molecule has 3 amide bonds. The maximum Gasteiger partial charge on any atom is 0.314 e. The molecule has 2 aromatic heterocycles. The van der Waals surface area contributed by atoms with E-state index in [2.05, 4.69) is 14.5 Å². The fraction of sp³-hybridized carbons (Fsp3) is 0.500. The largest absolute Gasteiger partial charge is 0.351 e. The van der Waals surface area contributed by atoms with Gasteiger partial charge in [-0.1, -0.05) is 0 Å². The molecule has 1 aliphatic heterocycles. The Labute approximate surface area is 150 Å². The monoisotopic (exact) mass is 362 g/mol. The molecule has 0 spiro atoms. The average Bonchev–Trinajstić information content (AvgIpc) is 3.27. The lowest BCUT2D eigenvalue weighted by Crippen LogP contribution is -2.46. The lowest BCUT2D eigenvalue weighted by atomic mass is 9.97. The summed E-state index contributed by atoms with van der Waals surface area (Å²) in [6.07, 6.45) is 5.66. The normalized spacial score (nSPS) is 17.5. The van der Waals surface area contributed by atoms with Crippen LogP contribution in [0.3, 0.4) is 0 Å². The number of nitrogens with two attached hydrogens (primary N) is 1. The van der Waals surface area contributed by atoms with Gasteiger partial charge in [-0.2, -0.15) is 0 Å². The molecule has 0 bridgehead atoms. The molecular weight excluding hydrogens is 340 g/mol. The van der Waals surface area contributed by atoms with Crippen LogP contribution in [0.2, 0.25) is 0 Å². The number of likely N-dealkylation sites (N-methyl/N-ethyl adjacent to an activating group) is 1. The van der Waals surface area contributed by atoms with Crippen LogP contribution in [0, 0.1) is 0 Å². The zero-order valence-electron chi connectivity index (χ0n) is 14.2.